The molecule has 2 heterocycles. The summed E-state index contributed by atoms with van der Waals surface area (Å²) in [6.45, 7) is 1.90. The normalized spacial score (nSPS) is 14.8. The molecular weight excluding hydrogens is 356 g/mol. The molecule has 9 heteroatoms. The largest absolute Gasteiger partial charge is 0.493 e. The Balaban J connectivity index is 1.76. The van der Waals surface area contributed by atoms with Crippen molar-refractivity contribution < 1.29 is 17.9 Å². The number of aromatic nitrogens is 2. The van der Waals surface area contributed by atoms with E-state index < -0.39 is 10.0 Å². The van der Waals surface area contributed by atoms with Crippen LogP contribution >= 0.6 is 0 Å². The summed E-state index contributed by atoms with van der Waals surface area (Å²) in [5.41, 5.74) is 0. The number of nitrogens with one attached hydrogen (secondary N) is 1. The number of ether oxygens (including phenoxy) is 2. The maximum absolute atomic E-state index is 12.6. The van der Waals surface area contributed by atoms with Gasteiger partial charge in [0.2, 0.25) is 0 Å². The second-order valence-corrected chi connectivity index (χ2v) is 7.63. The molecule has 8 nitrogen and oxygen atoms in total. The molecule has 140 valence electrons. The summed E-state index contributed by atoms with van der Waals surface area (Å²) in [5, 5.41) is 8.15. The minimum Gasteiger partial charge on any atom is -0.493 e. The Bertz CT molecular complexity index is 850. The highest BCUT2D eigenvalue weighted by molar-refractivity contribution is 7.92. The lowest BCUT2D eigenvalue weighted by molar-refractivity contribution is 0.354. The fraction of sp³-hybridized carbons (Fsp3) is 0.412. The number of hydrogen-bond acceptors (Lipinski definition) is 7. The minimum atomic E-state index is -3.81. The van der Waals surface area contributed by atoms with E-state index in [9.17, 15) is 8.42 Å². The molecule has 26 heavy (non-hydrogen) atoms. The Hall–Kier alpha value is -2.55. The molecular formula is C17H22N4O4S. The molecule has 0 atom stereocenters. The monoisotopic (exact) mass is 378 g/mol. The van der Waals surface area contributed by atoms with Crippen LogP contribution in [0.15, 0.2) is 35.2 Å². The van der Waals surface area contributed by atoms with Gasteiger partial charge in [-0.25, -0.2) is 8.42 Å². The van der Waals surface area contributed by atoms with Crippen LogP contribution in [-0.4, -0.2) is 45.9 Å². The first kappa shape index (κ1) is 18.2. The lowest BCUT2D eigenvalue weighted by Gasteiger charge is -2.27. The SMILES string of the molecule is COc1ccc(S(=O)(=O)Nc2ccc(N3CCCCC3)nn2)cc1OC. The molecule has 1 saturated heterocycles. The van der Waals surface area contributed by atoms with Crippen LogP contribution in [-0.2, 0) is 10.0 Å². The van der Waals surface area contributed by atoms with Gasteiger partial charge < -0.3 is 14.4 Å². The van der Waals surface area contributed by atoms with Crippen LogP contribution in [0.5, 0.6) is 11.5 Å². The summed E-state index contributed by atoms with van der Waals surface area (Å²) in [4.78, 5) is 2.21. The molecule has 0 saturated carbocycles. The van der Waals surface area contributed by atoms with Crippen molar-refractivity contribution in [3.63, 3.8) is 0 Å². The number of anilines is 2. The number of rotatable bonds is 6. The average Bonchev–Trinajstić information content (AvgIpc) is 2.68. The Morgan fingerprint density at radius 2 is 1.69 bits per heavy atom. The molecule has 0 spiro atoms. The van der Waals surface area contributed by atoms with Crippen molar-refractivity contribution in [1.82, 2.24) is 10.2 Å². The number of piperidine rings is 1. The van der Waals surface area contributed by atoms with Gasteiger partial charge in [-0.2, -0.15) is 0 Å². The van der Waals surface area contributed by atoms with Crippen LogP contribution in [0.3, 0.4) is 0 Å². The zero-order valence-corrected chi connectivity index (χ0v) is 15.6. The molecule has 3 rings (SSSR count). The lowest BCUT2D eigenvalue weighted by Crippen LogP contribution is -2.30. The van der Waals surface area contributed by atoms with Gasteiger partial charge >= 0.3 is 0 Å². The quantitative estimate of drug-likeness (QED) is 0.824. The fourth-order valence-corrected chi connectivity index (χ4v) is 3.86. The van der Waals surface area contributed by atoms with E-state index in [-0.39, 0.29) is 10.7 Å². The van der Waals surface area contributed by atoms with Gasteiger partial charge in [-0.3, -0.25) is 4.72 Å². The Morgan fingerprint density at radius 3 is 2.31 bits per heavy atom. The molecule has 1 aromatic heterocycles. The summed E-state index contributed by atoms with van der Waals surface area (Å²) in [6, 6.07) is 7.79. The van der Waals surface area contributed by atoms with Crippen molar-refractivity contribution in [3.8, 4) is 11.5 Å². The number of methoxy groups -OCH3 is 2. The highest BCUT2D eigenvalue weighted by Crippen LogP contribution is 2.30. The van der Waals surface area contributed by atoms with Crippen LogP contribution in [0.1, 0.15) is 19.3 Å². The minimum absolute atomic E-state index is 0.0528. The molecule has 0 bridgehead atoms. The van der Waals surface area contributed by atoms with Crippen LogP contribution in [0.2, 0.25) is 0 Å². The number of benzene rings is 1. The maximum atomic E-state index is 12.6. The van der Waals surface area contributed by atoms with Gasteiger partial charge in [0.15, 0.2) is 23.1 Å². The summed E-state index contributed by atoms with van der Waals surface area (Å²) >= 11 is 0. The summed E-state index contributed by atoms with van der Waals surface area (Å²) in [6.07, 6.45) is 3.50. The van der Waals surface area contributed by atoms with Crippen molar-refractivity contribution in [2.24, 2.45) is 0 Å². The molecule has 0 radical (unpaired) electrons. The van der Waals surface area contributed by atoms with Crippen molar-refractivity contribution in [1.29, 1.82) is 0 Å². The summed E-state index contributed by atoms with van der Waals surface area (Å²) in [5.74, 6) is 1.72. The van der Waals surface area contributed by atoms with E-state index in [0.29, 0.717) is 11.5 Å². The van der Waals surface area contributed by atoms with Crippen LogP contribution in [0.25, 0.3) is 0 Å². The topological polar surface area (TPSA) is 93.7 Å². The smallest absolute Gasteiger partial charge is 0.263 e. The van der Waals surface area contributed by atoms with Gasteiger partial charge in [-0.15, -0.1) is 10.2 Å². The van der Waals surface area contributed by atoms with E-state index in [1.807, 2.05) is 0 Å². The molecule has 2 aromatic rings. The molecule has 0 aliphatic carbocycles. The van der Waals surface area contributed by atoms with Crippen molar-refractivity contribution in [3.05, 3.63) is 30.3 Å². The van der Waals surface area contributed by atoms with E-state index in [4.69, 9.17) is 9.47 Å². The highest BCUT2D eigenvalue weighted by Gasteiger charge is 2.19. The molecule has 0 unspecified atom stereocenters. The molecule has 1 N–H and O–H groups in total. The van der Waals surface area contributed by atoms with Gasteiger partial charge in [0.05, 0.1) is 19.1 Å². The first-order chi connectivity index (χ1) is 12.5. The maximum Gasteiger partial charge on any atom is 0.263 e. The Morgan fingerprint density at radius 1 is 0.962 bits per heavy atom. The highest BCUT2D eigenvalue weighted by atomic mass is 32.2. The van der Waals surface area contributed by atoms with Crippen molar-refractivity contribution in [2.45, 2.75) is 24.2 Å². The van der Waals surface area contributed by atoms with Gasteiger partial charge in [-0.1, -0.05) is 0 Å². The second kappa shape index (κ2) is 7.77. The fourth-order valence-electron chi connectivity index (χ4n) is 2.85. The van der Waals surface area contributed by atoms with Gasteiger partial charge in [0, 0.05) is 19.2 Å². The first-order valence-corrected chi connectivity index (χ1v) is 9.85. The van der Waals surface area contributed by atoms with E-state index >= 15 is 0 Å². The Kier molecular flexibility index (Phi) is 5.46. The van der Waals surface area contributed by atoms with Gasteiger partial charge in [0.25, 0.3) is 10.0 Å². The van der Waals surface area contributed by atoms with E-state index in [1.165, 1.54) is 32.8 Å². The number of sulfonamides is 1. The lowest BCUT2D eigenvalue weighted by atomic mass is 10.1. The average molecular weight is 378 g/mol. The van der Waals surface area contributed by atoms with Crippen LogP contribution in [0, 0.1) is 0 Å². The molecule has 1 aliphatic rings. The third-order valence-electron chi connectivity index (χ3n) is 4.23. The van der Waals surface area contributed by atoms with E-state index in [2.05, 4.69) is 19.8 Å². The second-order valence-electron chi connectivity index (χ2n) is 5.95. The summed E-state index contributed by atoms with van der Waals surface area (Å²) in [7, 11) is -0.870. The molecule has 0 amide bonds. The van der Waals surface area contributed by atoms with Gasteiger partial charge in [-0.05, 0) is 43.5 Å². The third-order valence-corrected chi connectivity index (χ3v) is 5.59. The van der Waals surface area contributed by atoms with Gasteiger partial charge in [0.1, 0.15) is 0 Å². The molecule has 1 fully saturated rings. The zero-order valence-electron chi connectivity index (χ0n) is 14.8. The third kappa shape index (κ3) is 3.98. The number of nitrogens with zero attached hydrogens (tertiary/aromatic N) is 3. The van der Waals surface area contributed by atoms with Crippen molar-refractivity contribution in [2.75, 3.05) is 36.9 Å². The van der Waals surface area contributed by atoms with Crippen LogP contribution < -0.4 is 19.1 Å². The number of hydrogen-bond donors (Lipinski definition) is 1. The predicted octanol–water partition coefficient (Wildman–Crippen LogP) is 2.28. The van der Waals surface area contributed by atoms with E-state index in [1.54, 1.807) is 18.2 Å². The molecule has 1 aromatic carbocycles. The standard InChI is InChI=1S/C17H22N4O4S/c1-24-14-7-6-13(12-15(14)25-2)26(22,23)20-16-8-9-17(19-18-16)21-10-4-3-5-11-21/h6-9,12H,3-5,10-11H2,1-2H3,(H,18,20). The summed E-state index contributed by atoms with van der Waals surface area (Å²) < 4.78 is 37.9. The predicted molar refractivity (Wildman–Crippen MR) is 98.5 cm³/mol. The first-order valence-electron chi connectivity index (χ1n) is 8.37. The molecule has 1 aliphatic heterocycles. The van der Waals surface area contributed by atoms with Crippen LogP contribution in [0.4, 0.5) is 11.6 Å². The zero-order chi connectivity index (χ0) is 18.6. The Labute approximate surface area is 153 Å². The van der Waals surface area contributed by atoms with Crippen molar-refractivity contribution >= 4 is 21.7 Å². The van der Waals surface area contributed by atoms with E-state index in [0.717, 1.165) is 31.7 Å².